The normalized spacial score (nSPS) is 11.6. The van der Waals surface area contributed by atoms with Crippen LogP contribution in [-0.2, 0) is 20.9 Å². The van der Waals surface area contributed by atoms with E-state index in [1.165, 1.54) is 24.5 Å². The smallest absolute Gasteiger partial charge is 0.329 e. The number of aromatic nitrogens is 1. The van der Waals surface area contributed by atoms with Gasteiger partial charge in [-0.1, -0.05) is 26.0 Å². The summed E-state index contributed by atoms with van der Waals surface area (Å²) < 4.78 is 25.2. The predicted molar refractivity (Wildman–Crippen MR) is 129 cm³/mol. The monoisotopic (exact) mass is 494 g/mol. The maximum Gasteiger partial charge on any atom is 0.329 e. The molecule has 10 heteroatoms. The molecule has 1 aromatic carbocycles. The van der Waals surface area contributed by atoms with Crippen LogP contribution in [0, 0.1) is 36.9 Å². The predicted octanol–water partition coefficient (Wildman–Crippen LogP) is 3.69. The van der Waals surface area contributed by atoms with Crippen molar-refractivity contribution in [1.29, 1.82) is 5.26 Å². The van der Waals surface area contributed by atoms with Crippen LogP contribution in [-0.4, -0.2) is 35.0 Å². The fraction of sp³-hybridized carbons (Fsp3) is 0.308. The molecule has 0 bridgehead atoms. The van der Waals surface area contributed by atoms with Crippen LogP contribution >= 0.6 is 0 Å². The van der Waals surface area contributed by atoms with Crippen LogP contribution in [0.5, 0.6) is 0 Å². The van der Waals surface area contributed by atoms with Gasteiger partial charge in [-0.2, -0.15) is 5.26 Å². The lowest BCUT2D eigenvalue weighted by Crippen LogP contribution is -2.45. The second kappa shape index (κ2) is 11.4. The summed E-state index contributed by atoms with van der Waals surface area (Å²) in [6.45, 7) is 6.69. The number of benzene rings is 1. The number of anilines is 1. The SMILES string of the molecule is Cc1c(C#N)c(NC(=O)COC(=O)[C@@H](NC(=O)c2ccco2)C(C)C)n(Cc2ccc(F)cc2)c1C. The van der Waals surface area contributed by atoms with Gasteiger partial charge in [0.25, 0.3) is 11.8 Å². The Morgan fingerprint density at radius 3 is 2.44 bits per heavy atom. The van der Waals surface area contributed by atoms with Crippen LogP contribution in [0.15, 0.2) is 47.1 Å². The minimum atomic E-state index is -1.00. The molecule has 0 unspecified atom stereocenters. The summed E-state index contributed by atoms with van der Waals surface area (Å²) >= 11 is 0. The molecule has 36 heavy (non-hydrogen) atoms. The minimum Gasteiger partial charge on any atom is -0.459 e. The Labute approximate surface area is 207 Å². The van der Waals surface area contributed by atoms with E-state index in [2.05, 4.69) is 16.7 Å². The number of carbonyl (C=O) groups excluding carboxylic acids is 3. The van der Waals surface area contributed by atoms with Crippen molar-refractivity contribution in [3.8, 4) is 6.07 Å². The number of nitriles is 1. The number of esters is 1. The Balaban J connectivity index is 1.70. The maximum atomic E-state index is 13.3. The van der Waals surface area contributed by atoms with Gasteiger partial charge in [0.2, 0.25) is 0 Å². The molecule has 188 valence electrons. The minimum absolute atomic E-state index is 0.0443. The van der Waals surface area contributed by atoms with Crippen LogP contribution < -0.4 is 10.6 Å². The van der Waals surface area contributed by atoms with Crippen molar-refractivity contribution >= 4 is 23.6 Å². The molecular formula is C26H27FN4O5. The van der Waals surface area contributed by atoms with Gasteiger partial charge in [0.1, 0.15) is 23.7 Å². The first kappa shape index (κ1) is 26.2. The van der Waals surface area contributed by atoms with Crippen molar-refractivity contribution in [3.63, 3.8) is 0 Å². The molecule has 0 aliphatic heterocycles. The van der Waals surface area contributed by atoms with Crippen molar-refractivity contribution in [2.75, 3.05) is 11.9 Å². The largest absolute Gasteiger partial charge is 0.459 e. The molecule has 0 saturated heterocycles. The van der Waals surface area contributed by atoms with E-state index in [4.69, 9.17) is 9.15 Å². The van der Waals surface area contributed by atoms with E-state index in [1.54, 1.807) is 43.5 Å². The van der Waals surface area contributed by atoms with Crippen molar-refractivity contribution in [2.24, 2.45) is 5.92 Å². The summed E-state index contributed by atoms with van der Waals surface area (Å²) in [6.07, 6.45) is 1.34. The summed E-state index contributed by atoms with van der Waals surface area (Å²) in [4.78, 5) is 37.6. The zero-order valence-electron chi connectivity index (χ0n) is 20.4. The van der Waals surface area contributed by atoms with Crippen LogP contribution in [0.25, 0.3) is 0 Å². The van der Waals surface area contributed by atoms with Crippen molar-refractivity contribution in [1.82, 2.24) is 9.88 Å². The molecule has 0 aliphatic rings. The highest BCUT2D eigenvalue weighted by Gasteiger charge is 2.28. The highest BCUT2D eigenvalue weighted by Crippen LogP contribution is 2.27. The standard InChI is InChI=1S/C26H27FN4O5/c1-15(2)23(30-25(33)21-6-5-11-35-21)26(34)36-14-22(32)29-24-20(12-28)16(3)17(4)31(24)13-18-7-9-19(27)10-8-18/h5-11,15,23H,13-14H2,1-4H3,(H,29,32)(H,30,33)/t23-/m0/s1. The Morgan fingerprint density at radius 1 is 1.17 bits per heavy atom. The lowest BCUT2D eigenvalue weighted by Gasteiger charge is -2.20. The number of rotatable bonds is 9. The number of carbonyl (C=O) groups is 3. The molecule has 0 aliphatic carbocycles. The second-order valence-corrected chi connectivity index (χ2v) is 8.59. The van der Waals surface area contributed by atoms with Crippen molar-refractivity contribution < 1.29 is 27.9 Å². The van der Waals surface area contributed by atoms with Gasteiger partial charge in [-0.05, 0) is 55.2 Å². The molecule has 0 fully saturated rings. The number of ether oxygens (including phenoxy) is 1. The molecular weight excluding hydrogens is 467 g/mol. The van der Waals surface area contributed by atoms with E-state index in [-0.39, 0.29) is 35.4 Å². The van der Waals surface area contributed by atoms with Crippen LogP contribution in [0.2, 0.25) is 0 Å². The molecule has 0 radical (unpaired) electrons. The Kier molecular flexibility index (Phi) is 8.27. The van der Waals surface area contributed by atoms with Gasteiger partial charge in [-0.15, -0.1) is 0 Å². The lowest BCUT2D eigenvalue weighted by atomic mass is 10.0. The topological polar surface area (TPSA) is 126 Å². The molecule has 2 aromatic heterocycles. The fourth-order valence-corrected chi connectivity index (χ4v) is 3.61. The highest BCUT2D eigenvalue weighted by molar-refractivity contribution is 5.96. The van der Waals surface area contributed by atoms with E-state index in [0.29, 0.717) is 5.56 Å². The number of furan rings is 1. The second-order valence-electron chi connectivity index (χ2n) is 8.59. The first-order valence-electron chi connectivity index (χ1n) is 11.3. The first-order chi connectivity index (χ1) is 17.1. The zero-order valence-corrected chi connectivity index (χ0v) is 20.4. The van der Waals surface area contributed by atoms with Crippen molar-refractivity contribution in [3.05, 3.63) is 76.6 Å². The van der Waals surface area contributed by atoms with Gasteiger partial charge in [0, 0.05) is 12.2 Å². The molecule has 3 aromatic rings. The Bertz CT molecular complexity index is 1290. The lowest BCUT2D eigenvalue weighted by molar-refractivity contribution is -0.150. The molecule has 2 N–H and O–H groups in total. The summed E-state index contributed by atoms with van der Waals surface area (Å²) in [5.74, 6) is -2.40. The highest BCUT2D eigenvalue weighted by atomic mass is 19.1. The fourth-order valence-electron chi connectivity index (χ4n) is 3.61. The summed E-state index contributed by atoms with van der Waals surface area (Å²) in [5, 5.41) is 14.9. The van der Waals surface area contributed by atoms with E-state index < -0.39 is 30.4 Å². The molecule has 9 nitrogen and oxygen atoms in total. The van der Waals surface area contributed by atoms with Gasteiger partial charge < -0.3 is 24.4 Å². The molecule has 2 amide bonds. The van der Waals surface area contributed by atoms with Crippen LogP contribution in [0.4, 0.5) is 10.2 Å². The number of hydrogen-bond donors (Lipinski definition) is 2. The van der Waals surface area contributed by atoms with Gasteiger partial charge in [-0.3, -0.25) is 9.59 Å². The molecule has 2 heterocycles. The number of nitrogens with zero attached hydrogens (tertiary/aromatic N) is 2. The third kappa shape index (κ3) is 5.99. The average molecular weight is 495 g/mol. The van der Waals surface area contributed by atoms with Crippen molar-refractivity contribution in [2.45, 2.75) is 40.3 Å². The van der Waals surface area contributed by atoms with Gasteiger partial charge in [-0.25, -0.2) is 9.18 Å². The summed E-state index contributed by atoms with van der Waals surface area (Å²) in [5.41, 5.74) is 2.49. The Morgan fingerprint density at radius 2 is 1.86 bits per heavy atom. The quantitative estimate of drug-likeness (QED) is 0.437. The van der Waals surface area contributed by atoms with E-state index in [9.17, 15) is 24.0 Å². The third-order valence-corrected chi connectivity index (χ3v) is 5.75. The van der Waals surface area contributed by atoms with Gasteiger partial charge in [0.05, 0.1) is 11.8 Å². The van der Waals surface area contributed by atoms with Gasteiger partial charge in [0.15, 0.2) is 12.4 Å². The van der Waals surface area contributed by atoms with Gasteiger partial charge >= 0.3 is 5.97 Å². The van der Waals surface area contributed by atoms with E-state index in [0.717, 1.165) is 11.3 Å². The Hall–Kier alpha value is -4.39. The average Bonchev–Trinajstić information content (AvgIpc) is 3.46. The van der Waals surface area contributed by atoms with Crippen LogP contribution in [0.3, 0.4) is 0 Å². The number of halogens is 1. The number of nitrogens with one attached hydrogen (secondary N) is 2. The van der Waals surface area contributed by atoms with E-state index in [1.807, 2.05) is 6.92 Å². The van der Waals surface area contributed by atoms with Crippen LogP contribution in [0.1, 0.15) is 46.8 Å². The number of hydrogen-bond acceptors (Lipinski definition) is 6. The summed E-state index contributed by atoms with van der Waals surface area (Å²) in [6, 6.07) is 10.0. The summed E-state index contributed by atoms with van der Waals surface area (Å²) in [7, 11) is 0. The zero-order chi connectivity index (χ0) is 26.4. The van der Waals surface area contributed by atoms with E-state index >= 15 is 0 Å². The first-order valence-corrected chi connectivity index (χ1v) is 11.3. The third-order valence-electron chi connectivity index (χ3n) is 5.75. The maximum absolute atomic E-state index is 13.3. The molecule has 1 atom stereocenters. The molecule has 0 saturated carbocycles. The number of amides is 2. The molecule has 3 rings (SSSR count). The molecule has 0 spiro atoms.